The van der Waals surface area contributed by atoms with E-state index >= 15 is 0 Å². The maximum Gasteiger partial charge on any atom is 0.179 e. The number of nitrogens with zero attached hydrogens (tertiary/aromatic N) is 4. The summed E-state index contributed by atoms with van der Waals surface area (Å²) in [6.45, 7) is 4.59. The van der Waals surface area contributed by atoms with Gasteiger partial charge < -0.3 is 15.5 Å². The van der Waals surface area contributed by atoms with Crippen molar-refractivity contribution < 1.29 is 10.2 Å². The topological polar surface area (TPSA) is 95.6 Å². The number of aliphatic hydroxyl groups is 1. The number of hydrogen-bond donors (Lipinski definition) is 3. The molecule has 2 aromatic heterocycles. The summed E-state index contributed by atoms with van der Waals surface area (Å²) in [6.07, 6.45) is 2.68. The quantitative estimate of drug-likeness (QED) is 0.607. The molecule has 0 fully saturated rings. The zero-order valence-corrected chi connectivity index (χ0v) is 14.4. The van der Waals surface area contributed by atoms with Gasteiger partial charge in [-0.25, -0.2) is 4.52 Å². The monoisotopic (exact) mass is 341 g/mol. The number of aromatic hydroxyl groups is 1. The van der Waals surface area contributed by atoms with Crippen LogP contribution in [-0.4, -0.2) is 42.3 Å². The van der Waals surface area contributed by atoms with E-state index in [1.807, 2.05) is 24.3 Å². The predicted molar refractivity (Wildman–Crippen MR) is 94.3 cm³/mol. The highest BCUT2D eigenvalue weighted by Crippen LogP contribution is 2.21. The van der Waals surface area contributed by atoms with E-state index in [0.29, 0.717) is 17.9 Å². The molecule has 25 heavy (non-hydrogen) atoms. The number of phenolic OH excluding ortho intramolecular Hbond substituents is 1. The minimum absolute atomic E-state index is 0.178. The number of para-hydroxylation sites is 1. The molecule has 0 amide bonds. The van der Waals surface area contributed by atoms with E-state index in [2.05, 4.69) is 34.7 Å². The largest absolute Gasteiger partial charge is 0.508 e. The van der Waals surface area contributed by atoms with Crippen LogP contribution in [0.5, 0.6) is 5.75 Å². The van der Waals surface area contributed by atoms with Crippen LogP contribution in [0.1, 0.15) is 37.5 Å². The van der Waals surface area contributed by atoms with E-state index in [1.165, 1.54) is 0 Å². The molecule has 0 bridgehead atoms. The summed E-state index contributed by atoms with van der Waals surface area (Å²) in [4.78, 5) is 0. The summed E-state index contributed by atoms with van der Waals surface area (Å²) in [5, 5.41) is 35.0. The number of aryl methyl sites for hydroxylation is 1. The van der Waals surface area contributed by atoms with Crippen molar-refractivity contribution in [1.82, 2.24) is 25.4 Å². The third-order valence-electron chi connectivity index (χ3n) is 4.38. The molecule has 1 atom stereocenters. The molecule has 1 aromatic carbocycles. The molecule has 0 aliphatic heterocycles. The fraction of sp³-hybridized carbons (Fsp3) is 0.389. The minimum Gasteiger partial charge on any atom is -0.508 e. The highest BCUT2D eigenvalue weighted by Gasteiger charge is 2.20. The molecule has 2 heterocycles. The second-order valence-electron chi connectivity index (χ2n) is 6.85. The van der Waals surface area contributed by atoms with Crippen molar-refractivity contribution in [3.05, 3.63) is 53.7 Å². The Hall–Kier alpha value is -2.51. The van der Waals surface area contributed by atoms with Gasteiger partial charge in [0.05, 0.1) is 6.10 Å². The summed E-state index contributed by atoms with van der Waals surface area (Å²) in [5.74, 6) is 0.327. The molecular formula is C18H23N5O2. The molecule has 7 heteroatoms. The number of phenols is 1. The molecule has 0 saturated carbocycles. The first kappa shape index (κ1) is 17.3. The van der Waals surface area contributed by atoms with Gasteiger partial charge in [-0.2, -0.15) is 0 Å². The summed E-state index contributed by atoms with van der Waals surface area (Å²) in [6, 6.07) is 11.0. The highest BCUT2D eigenvalue weighted by molar-refractivity contribution is 5.36. The lowest BCUT2D eigenvalue weighted by Crippen LogP contribution is -2.42. The Balaban J connectivity index is 1.56. The molecule has 0 aliphatic rings. The summed E-state index contributed by atoms with van der Waals surface area (Å²) in [7, 11) is 0. The van der Waals surface area contributed by atoms with Gasteiger partial charge in [0, 0.05) is 23.8 Å². The molecule has 132 valence electrons. The lowest BCUT2D eigenvalue weighted by molar-refractivity contribution is 0.158. The third kappa shape index (κ3) is 4.32. The molecule has 3 rings (SSSR count). The Kier molecular flexibility index (Phi) is 4.96. The van der Waals surface area contributed by atoms with Crippen LogP contribution < -0.4 is 5.32 Å². The number of tetrazole rings is 1. The van der Waals surface area contributed by atoms with Gasteiger partial charge in [0.1, 0.15) is 5.75 Å². The second-order valence-corrected chi connectivity index (χ2v) is 6.85. The number of aliphatic hydroxyl groups excluding tert-OH is 1. The first-order chi connectivity index (χ1) is 11.9. The zero-order chi connectivity index (χ0) is 17.9. The number of nitrogens with one attached hydrogen (secondary N) is 1. The fourth-order valence-electron chi connectivity index (χ4n) is 2.70. The first-order valence-corrected chi connectivity index (χ1v) is 8.32. The molecule has 0 aliphatic carbocycles. The number of aromatic nitrogens is 4. The van der Waals surface area contributed by atoms with Crippen molar-refractivity contribution in [1.29, 1.82) is 0 Å². The number of hydrogen-bond acceptors (Lipinski definition) is 6. The van der Waals surface area contributed by atoms with Gasteiger partial charge in [0.25, 0.3) is 0 Å². The fourth-order valence-corrected chi connectivity index (χ4v) is 2.70. The van der Waals surface area contributed by atoms with Crippen LogP contribution in [0.15, 0.2) is 42.6 Å². The van der Waals surface area contributed by atoms with E-state index in [-0.39, 0.29) is 5.54 Å². The standard InChI is InChI=1S/C18H23N5O2/c1-18(2,10-9-13-5-3-4-6-15(13)24)19-11-16(25)14-7-8-17-20-21-22-23(17)12-14/h3-8,12,16,19,24-25H,9-11H2,1-2H3. The zero-order valence-electron chi connectivity index (χ0n) is 14.4. The highest BCUT2D eigenvalue weighted by atomic mass is 16.3. The van der Waals surface area contributed by atoms with Gasteiger partial charge >= 0.3 is 0 Å². The van der Waals surface area contributed by atoms with Gasteiger partial charge in [-0.15, -0.1) is 5.10 Å². The van der Waals surface area contributed by atoms with E-state index in [0.717, 1.165) is 24.0 Å². The summed E-state index contributed by atoms with van der Waals surface area (Å²) < 4.78 is 1.54. The lowest BCUT2D eigenvalue weighted by atomic mass is 9.94. The van der Waals surface area contributed by atoms with Gasteiger partial charge in [-0.05, 0) is 54.8 Å². The summed E-state index contributed by atoms with van der Waals surface area (Å²) in [5.41, 5.74) is 2.15. The molecule has 7 nitrogen and oxygen atoms in total. The van der Waals surface area contributed by atoms with E-state index in [1.54, 1.807) is 22.8 Å². The van der Waals surface area contributed by atoms with Gasteiger partial charge in [-0.3, -0.25) is 0 Å². The van der Waals surface area contributed by atoms with E-state index in [9.17, 15) is 10.2 Å². The number of β-amino-alcohol motifs (C(OH)–C–C–N with tert-alkyl or cyclic N) is 1. The predicted octanol–water partition coefficient (Wildman–Crippen LogP) is 1.86. The summed E-state index contributed by atoms with van der Waals surface area (Å²) >= 11 is 0. The van der Waals surface area contributed by atoms with Crippen LogP contribution in [0.4, 0.5) is 0 Å². The number of pyridine rings is 1. The Labute approximate surface area is 146 Å². The third-order valence-corrected chi connectivity index (χ3v) is 4.38. The molecular weight excluding hydrogens is 318 g/mol. The number of rotatable bonds is 7. The van der Waals surface area contributed by atoms with E-state index < -0.39 is 6.10 Å². The Morgan fingerprint density at radius 1 is 1.20 bits per heavy atom. The Morgan fingerprint density at radius 2 is 2.00 bits per heavy atom. The smallest absolute Gasteiger partial charge is 0.179 e. The average molecular weight is 341 g/mol. The van der Waals surface area contributed by atoms with Gasteiger partial charge in [-0.1, -0.05) is 24.3 Å². The van der Waals surface area contributed by atoms with E-state index in [4.69, 9.17) is 0 Å². The first-order valence-electron chi connectivity index (χ1n) is 8.32. The Morgan fingerprint density at radius 3 is 2.80 bits per heavy atom. The van der Waals surface area contributed by atoms with Crippen molar-refractivity contribution in [2.45, 2.75) is 38.3 Å². The molecule has 3 N–H and O–H groups in total. The van der Waals surface area contributed by atoms with Crippen LogP contribution in [-0.2, 0) is 6.42 Å². The van der Waals surface area contributed by atoms with Crippen molar-refractivity contribution in [3.63, 3.8) is 0 Å². The SMILES string of the molecule is CC(C)(CCc1ccccc1O)NCC(O)c1ccc2nnnn2c1. The minimum atomic E-state index is -0.655. The van der Waals surface area contributed by atoms with Gasteiger partial charge in [0.2, 0.25) is 0 Å². The Bertz CT molecular complexity index is 846. The van der Waals surface area contributed by atoms with Crippen molar-refractivity contribution in [3.8, 4) is 5.75 Å². The van der Waals surface area contributed by atoms with Crippen LogP contribution in [0.2, 0.25) is 0 Å². The van der Waals surface area contributed by atoms with Crippen LogP contribution in [0, 0.1) is 0 Å². The molecule has 0 spiro atoms. The maximum atomic E-state index is 10.4. The van der Waals surface area contributed by atoms with Crippen molar-refractivity contribution in [2.24, 2.45) is 0 Å². The van der Waals surface area contributed by atoms with Crippen LogP contribution >= 0.6 is 0 Å². The normalized spacial score (nSPS) is 13.2. The number of fused-ring (bicyclic) bond motifs is 1. The molecule has 3 aromatic rings. The van der Waals surface area contributed by atoms with Crippen LogP contribution in [0.25, 0.3) is 5.65 Å². The van der Waals surface area contributed by atoms with Crippen molar-refractivity contribution >= 4 is 5.65 Å². The second kappa shape index (κ2) is 7.16. The lowest BCUT2D eigenvalue weighted by Gasteiger charge is -2.28. The molecule has 1 unspecified atom stereocenters. The number of benzene rings is 1. The van der Waals surface area contributed by atoms with Gasteiger partial charge in [0.15, 0.2) is 5.65 Å². The molecule has 0 saturated heterocycles. The maximum absolute atomic E-state index is 10.4. The van der Waals surface area contributed by atoms with Crippen molar-refractivity contribution in [2.75, 3.05) is 6.54 Å². The van der Waals surface area contributed by atoms with Crippen LogP contribution in [0.3, 0.4) is 0 Å². The average Bonchev–Trinajstić information content (AvgIpc) is 3.07. The molecule has 0 radical (unpaired) electrons.